The molecular formula is C23H20N2O4. The molecule has 0 fully saturated rings. The van der Waals surface area contributed by atoms with Gasteiger partial charge in [-0.05, 0) is 47.5 Å². The molecule has 1 aliphatic heterocycles. The van der Waals surface area contributed by atoms with Crippen molar-refractivity contribution in [1.29, 1.82) is 0 Å². The van der Waals surface area contributed by atoms with Crippen LogP contribution in [0.25, 0.3) is 11.1 Å². The van der Waals surface area contributed by atoms with Crippen LogP contribution >= 0.6 is 0 Å². The minimum Gasteiger partial charge on any atom is -0.497 e. The van der Waals surface area contributed by atoms with E-state index in [9.17, 15) is 9.59 Å². The van der Waals surface area contributed by atoms with Crippen molar-refractivity contribution in [2.24, 2.45) is 0 Å². The summed E-state index contributed by atoms with van der Waals surface area (Å²) in [5.41, 5.74) is 4.15. The van der Waals surface area contributed by atoms with E-state index in [0.29, 0.717) is 28.3 Å². The quantitative estimate of drug-likeness (QED) is 0.689. The largest absolute Gasteiger partial charge is 0.497 e. The van der Waals surface area contributed by atoms with Crippen molar-refractivity contribution in [2.45, 2.75) is 6.42 Å². The Morgan fingerprint density at radius 1 is 0.966 bits per heavy atom. The van der Waals surface area contributed by atoms with Gasteiger partial charge in [-0.25, -0.2) is 0 Å². The van der Waals surface area contributed by atoms with E-state index in [1.165, 1.54) is 0 Å². The van der Waals surface area contributed by atoms with E-state index in [1.54, 1.807) is 32.4 Å². The molecule has 6 heteroatoms. The summed E-state index contributed by atoms with van der Waals surface area (Å²) in [6.07, 6.45) is 0.197. The third kappa shape index (κ3) is 3.52. The number of fused-ring (bicyclic) bond motifs is 1. The summed E-state index contributed by atoms with van der Waals surface area (Å²) >= 11 is 0. The predicted molar refractivity (Wildman–Crippen MR) is 112 cm³/mol. The highest BCUT2D eigenvalue weighted by atomic mass is 16.5. The summed E-state index contributed by atoms with van der Waals surface area (Å²) in [5, 5.41) is 5.76. The van der Waals surface area contributed by atoms with Crippen molar-refractivity contribution < 1.29 is 19.1 Å². The van der Waals surface area contributed by atoms with E-state index in [0.717, 1.165) is 16.9 Å². The minimum absolute atomic E-state index is 0.111. The zero-order chi connectivity index (χ0) is 20.4. The predicted octanol–water partition coefficient (Wildman–Crippen LogP) is 4.12. The molecule has 0 saturated carbocycles. The number of hydrogen-bond donors (Lipinski definition) is 2. The van der Waals surface area contributed by atoms with E-state index < -0.39 is 0 Å². The van der Waals surface area contributed by atoms with Crippen LogP contribution < -0.4 is 20.1 Å². The zero-order valence-corrected chi connectivity index (χ0v) is 16.1. The Hall–Kier alpha value is -3.80. The van der Waals surface area contributed by atoms with Crippen LogP contribution in [0.5, 0.6) is 11.5 Å². The van der Waals surface area contributed by atoms with Crippen LogP contribution in [0, 0.1) is 0 Å². The van der Waals surface area contributed by atoms with E-state index in [1.807, 2.05) is 42.5 Å². The number of hydrogen-bond acceptors (Lipinski definition) is 4. The van der Waals surface area contributed by atoms with Gasteiger partial charge in [0.05, 0.1) is 26.3 Å². The Labute approximate surface area is 168 Å². The summed E-state index contributed by atoms with van der Waals surface area (Å²) in [6.45, 7) is 0. The fourth-order valence-corrected chi connectivity index (χ4v) is 3.51. The van der Waals surface area contributed by atoms with E-state index in [4.69, 9.17) is 9.47 Å². The average Bonchev–Trinajstić information content (AvgIpc) is 3.13. The maximum Gasteiger partial charge on any atom is 0.256 e. The standard InChI is InChI=1S/C23H20N2O4/c1-28-15-11-9-14(10-12-15)22-19(7-4-8-20(22)29-2)25-23(27)16-5-3-6-18-17(16)13-21(26)24-18/h3-12H,13H2,1-2H3,(H,24,26)(H,25,27). The average molecular weight is 388 g/mol. The van der Waals surface area contributed by atoms with Crippen molar-refractivity contribution in [3.05, 3.63) is 71.8 Å². The van der Waals surface area contributed by atoms with Gasteiger partial charge in [0.1, 0.15) is 11.5 Å². The van der Waals surface area contributed by atoms with Crippen molar-refractivity contribution in [3.8, 4) is 22.6 Å². The fourth-order valence-electron chi connectivity index (χ4n) is 3.51. The molecular weight excluding hydrogens is 368 g/mol. The van der Waals surface area contributed by atoms with Gasteiger partial charge in [-0.1, -0.05) is 24.3 Å². The molecule has 1 heterocycles. The smallest absolute Gasteiger partial charge is 0.256 e. The molecule has 0 saturated heterocycles. The first kappa shape index (κ1) is 18.6. The summed E-state index contributed by atoms with van der Waals surface area (Å²) in [4.78, 5) is 24.8. The molecule has 3 aromatic carbocycles. The second-order valence-electron chi connectivity index (χ2n) is 6.62. The zero-order valence-electron chi connectivity index (χ0n) is 16.1. The van der Waals surface area contributed by atoms with Crippen LogP contribution in [-0.4, -0.2) is 26.0 Å². The van der Waals surface area contributed by atoms with Gasteiger partial charge in [0.25, 0.3) is 5.91 Å². The highest BCUT2D eigenvalue weighted by molar-refractivity contribution is 6.11. The molecule has 0 aromatic heterocycles. The second-order valence-corrected chi connectivity index (χ2v) is 6.62. The highest BCUT2D eigenvalue weighted by Crippen LogP contribution is 2.38. The molecule has 29 heavy (non-hydrogen) atoms. The van der Waals surface area contributed by atoms with Crippen molar-refractivity contribution in [2.75, 3.05) is 24.9 Å². The number of nitrogens with one attached hydrogen (secondary N) is 2. The first-order valence-electron chi connectivity index (χ1n) is 9.15. The molecule has 3 aromatic rings. The summed E-state index contributed by atoms with van der Waals surface area (Å²) in [7, 11) is 3.21. The minimum atomic E-state index is -0.277. The van der Waals surface area contributed by atoms with Gasteiger partial charge in [-0.3, -0.25) is 9.59 Å². The van der Waals surface area contributed by atoms with Crippen LogP contribution in [0.15, 0.2) is 60.7 Å². The molecule has 0 unspecified atom stereocenters. The second kappa shape index (κ2) is 7.67. The molecule has 2 amide bonds. The van der Waals surface area contributed by atoms with Gasteiger partial charge in [-0.2, -0.15) is 0 Å². The van der Waals surface area contributed by atoms with Gasteiger partial charge in [0, 0.05) is 16.8 Å². The van der Waals surface area contributed by atoms with Gasteiger partial charge >= 0.3 is 0 Å². The molecule has 0 aliphatic carbocycles. The SMILES string of the molecule is COc1ccc(-c2c(NC(=O)c3cccc4c3CC(=O)N4)cccc2OC)cc1. The lowest BCUT2D eigenvalue weighted by atomic mass is 10.0. The Bertz CT molecular complexity index is 1090. The third-order valence-electron chi connectivity index (χ3n) is 4.91. The molecule has 0 bridgehead atoms. The topological polar surface area (TPSA) is 76.7 Å². The molecule has 6 nitrogen and oxygen atoms in total. The fraction of sp³-hybridized carbons (Fsp3) is 0.130. The molecule has 2 N–H and O–H groups in total. The van der Waals surface area contributed by atoms with Gasteiger partial charge < -0.3 is 20.1 Å². The van der Waals surface area contributed by atoms with Gasteiger partial charge in [0.15, 0.2) is 0 Å². The van der Waals surface area contributed by atoms with Crippen molar-refractivity contribution >= 4 is 23.2 Å². The Balaban J connectivity index is 1.72. The number of anilines is 2. The number of carbonyl (C=O) groups excluding carboxylic acids is 2. The molecule has 4 rings (SSSR count). The number of amides is 2. The van der Waals surface area contributed by atoms with Crippen LogP contribution in [-0.2, 0) is 11.2 Å². The highest BCUT2D eigenvalue weighted by Gasteiger charge is 2.24. The number of benzene rings is 3. The van der Waals surface area contributed by atoms with E-state index >= 15 is 0 Å². The van der Waals surface area contributed by atoms with E-state index in [-0.39, 0.29) is 18.2 Å². The summed E-state index contributed by atoms with van der Waals surface area (Å²) in [5.74, 6) is 0.997. The maximum atomic E-state index is 13.1. The molecule has 1 aliphatic rings. The van der Waals surface area contributed by atoms with Crippen LogP contribution in [0.2, 0.25) is 0 Å². The molecule has 0 radical (unpaired) electrons. The van der Waals surface area contributed by atoms with Crippen LogP contribution in [0.1, 0.15) is 15.9 Å². The molecule has 146 valence electrons. The summed E-state index contributed by atoms with van der Waals surface area (Å²) in [6, 6.07) is 18.3. The first-order chi connectivity index (χ1) is 14.1. The number of rotatable bonds is 5. The van der Waals surface area contributed by atoms with Crippen LogP contribution in [0.3, 0.4) is 0 Å². The van der Waals surface area contributed by atoms with Gasteiger partial charge in [-0.15, -0.1) is 0 Å². The lowest BCUT2D eigenvalue weighted by molar-refractivity contribution is -0.115. The number of ether oxygens (including phenoxy) is 2. The number of methoxy groups -OCH3 is 2. The van der Waals surface area contributed by atoms with Crippen molar-refractivity contribution in [1.82, 2.24) is 0 Å². The number of carbonyl (C=O) groups is 2. The Morgan fingerprint density at radius 3 is 2.45 bits per heavy atom. The van der Waals surface area contributed by atoms with E-state index in [2.05, 4.69) is 10.6 Å². The monoisotopic (exact) mass is 388 g/mol. The van der Waals surface area contributed by atoms with Crippen molar-refractivity contribution in [3.63, 3.8) is 0 Å². The molecule has 0 atom stereocenters. The lowest BCUT2D eigenvalue weighted by Gasteiger charge is -2.16. The molecule has 0 spiro atoms. The summed E-state index contributed by atoms with van der Waals surface area (Å²) < 4.78 is 10.8. The van der Waals surface area contributed by atoms with Gasteiger partial charge in [0.2, 0.25) is 5.91 Å². The lowest BCUT2D eigenvalue weighted by Crippen LogP contribution is -2.15. The maximum absolute atomic E-state index is 13.1. The van der Waals surface area contributed by atoms with Crippen LogP contribution in [0.4, 0.5) is 11.4 Å². The normalized spacial score (nSPS) is 12.1. The third-order valence-corrected chi connectivity index (χ3v) is 4.91. The Kier molecular flexibility index (Phi) is 4.91. The first-order valence-corrected chi connectivity index (χ1v) is 9.15. The Morgan fingerprint density at radius 2 is 1.72 bits per heavy atom.